The second-order valence-electron chi connectivity index (χ2n) is 5.19. The van der Waals surface area contributed by atoms with Crippen LogP contribution in [0.3, 0.4) is 0 Å². The Morgan fingerprint density at radius 2 is 1.75 bits per heavy atom. The molecule has 1 heterocycles. The van der Waals surface area contributed by atoms with E-state index in [9.17, 15) is 18.3 Å². The highest BCUT2D eigenvalue weighted by atomic mass is 32.2. The highest BCUT2D eigenvalue weighted by Crippen LogP contribution is 2.39. The van der Waals surface area contributed by atoms with Gasteiger partial charge in [0.1, 0.15) is 10.6 Å². The molecule has 126 valence electrons. The molecule has 0 unspecified atom stereocenters. The van der Waals surface area contributed by atoms with E-state index in [1.165, 1.54) is 38.5 Å². The molecule has 0 aliphatic carbocycles. The van der Waals surface area contributed by atoms with Crippen LogP contribution in [-0.2, 0) is 16.6 Å². The van der Waals surface area contributed by atoms with Gasteiger partial charge in [0.15, 0.2) is 11.5 Å². The summed E-state index contributed by atoms with van der Waals surface area (Å²) < 4.78 is 36.4. The molecule has 2 aromatic rings. The van der Waals surface area contributed by atoms with E-state index < -0.39 is 15.9 Å². The molecular formula is C16H15NO6S. The smallest absolute Gasteiger partial charge is 0.269 e. The number of ether oxygens (including phenoxy) is 2. The Hall–Kier alpha value is -2.74. The summed E-state index contributed by atoms with van der Waals surface area (Å²) in [7, 11) is -1.21. The third-order valence-corrected chi connectivity index (χ3v) is 5.52. The van der Waals surface area contributed by atoms with Gasteiger partial charge in [0, 0.05) is 6.07 Å². The van der Waals surface area contributed by atoms with Crippen LogP contribution < -0.4 is 9.47 Å². The Morgan fingerprint density at radius 1 is 1.08 bits per heavy atom. The molecule has 8 heteroatoms. The lowest BCUT2D eigenvalue weighted by Crippen LogP contribution is -2.29. The predicted octanol–water partition coefficient (Wildman–Crippen LogP) is 1.75. The lowest BCUT2D eigenvalue weighted by Gasteiger charge is -2.15. The monoisotopic (exact) mass is 349 g/mol. The fourth-order valence-electron chi connectivity index (χ4n) is 2.58. The Kier molecular flexibility index (Phi) is 3.84. The maximum atomic E-state index is 12.7. The molecule has 0 atom stereocenters. The second kappa shape index (κ2) is 5.72. The fraction of sp³-hybridized carbons (Fsp3) is 0.188. The number of rotatable bonds is 4. The molecule has 1 aliphatic rings. The van der Waals surface area contributed by atoms with Gasteiger partial charge in [-0.1, -0.05) is 12.1 Å². The van der Waals surface area contributed by atoms with Crippen LogP contribution in [0.2, 0.25) is 0 Å². The van der Waals surface area contributed by atoms with Crippen molar-refractivity contribution in [3.63, 3.8) is 0 Å². The summed E-state index contributed by atoms with van der Waals surface area (Å²) in [6, 6.07) is 8.73. The molecule has 24 heavy (non-hydrogen) atoms. The molecule has 0 spiro atoms. The first-order valence-corrected chi connectivity index (χ1v) is 8.43. The van der Waals surface area contributed by atoms with E-state index in [1.54, 1.807) is 12.1 Å². The van der Waals surface area contributed by atoms with E-state index in [2.05, 4.69) is 0 Å². The molecule has 1 N–H and O–H groups in total. The van der Waals surface area contributed by atoms with Gasteiger partial charge in [-0.2, -0.15) is 0 Å². The first-order chi connectivity index (χ1) is 11.4. The van der Waals surface area contributed by atoms with Crippen LogP contribution in [0.5, 0.6) is 17.2 Å². The molecule has 1 aliphatic heterocycles. The third-order valence-electron chi connectivity index (χ3n) is 3.75. The summed E-state index contributed by atoms with van der Waals surface area (Å²) in [5.74, 6) is -0.141. The molecule has 0 fully saturated rings. The van der Waals surface area contributed by atoms with Gasteiger partial charge < -0.3 is 14.6 Å². The summed E-state index contributed by atoms with van der Waals surface area (Å²) >= 11 is 0. The third kappa shape index (κ3) is 2.44. The average molecular weight is 349 g/mol. The molecular weight excluding hydrogens is 334 g/mol. The lowest BCUT2D eigenvalue weighted by molar-refractivity contribution is 0.0864. The molecule has 1 amide bonds. The minimum atomic E-state index is -4.00. The second-order valence-corrected chi connectivity index (χ2v) is 7.02. The van der Waals surface area contributed by atoms with Crippen LogP contribution in [0.25, 0.3) is 0 Å². The van der Waals surface area contributed by atoms with Gasteiger partial charge in [0.05, 0.1) is 26.3 Å². The predicted molar refractivity (Wildman–Crippen MR) is 84.7 cm³/mol. The van der Waals surface area contributed by atoms with Crippen LogP contribution in [-0.4, -0.2) is 38.0 Å². The van der Waals surface area contributed by atoms with Crippen molar-refractivity contribution < 1.29 is 27.8 Å². The van der Waals surface area contributed by atoms with Crippen LogP contribution in [0.1, 0.15) is 15.9 Å². The van der Waals surface area contributed by atoms with Crippen molar-refractivity contribution in [1.29, 1.82) is 0 Å². The Balaban J connectivity index is 2.07. The van der Waals surface area contributed by atoms with E-state index in [4.69, 9.17) is 9.47 Å². The summed E-state index contributed by atoms with van der Waals surface area (Å²) in [5, 5.41) is 9.51. The standard InChI is InChI=1S/C16H15NO6S/c1-22-13-7-12-15(8-14(13)23-2)24(20,21)17(16(12)19)9-10-4-3-5-11(18)6-10/h3-8,18H,9H2,1-2H3. The van der Waals surface area contributed by atoms with Gasteiger partial charge in [-0.3, -0.25) is 4.79 Å². The molecule has 7 nitrogen and oxygen atoms in total. The summed E-state index contributed by atoms with van der Waals surface area (Å²) in [6.45, 7) is -0.172. The number of amides is 1. The first kappa shape index (κ1) is 16.1. The van der Waals surface area contributed by atoms with E-state index in [-0.39, 0.29) is 34.3 Å². The lowest BCUT2D eigenvalue weighted by atomic mass is 10.1. The highest BCUT2D eigenvalue weighted by molar-refractivity contribution is 7.90. The number of hydrogen-bond donors (Lipinski definition) is 1. The quantitative estimate of drug-likeness (QED) is 0.904. The number of benzene rings is 2. The number of fused-ring (bicyclic) bond motifs is 1. The Morgan fingerprint density at radius 3 is 2.38 bits per heavy atom. The van der Waals surface area contributed by atoms with Crippen molar-refractivity contribution in [1.82, 2.24) is 4.31 Å². The van der Waals surface area contributed by atoms with E-state index in [0.717, 1.165) is 4.31 Å². The number of methoxy groups -OCH3 is 2. The number of aromatic hydroxyl groups is 1. The maximum absolute atomic E-state index is 12.7. The minimum Gasteiger partial charge on any atom is -0.508 e. The van der Waals surface area contributed by atoms with E-state index in [0.29, 0.717) is 5.56 Å². The zero-order valence-electron chi connectivity index (χ0n) is 13.0. The van der Waals surface area contributed by atoms with E-state index in [1.807, 2.05) is 0 Å². The molecule has 0 bridgehead atoms. The van der Waals surface area contributed by atoms with Crippen molar-refractivity contribution >= 4 is 15.9 Å². The van der Waals surface area contributed by atoms with Crippen molar-refractivity contribution in [3.05, 3.63) is 47.5 Å². The van der Waals surface area contributed by atoms with Gasteiger partial charge in [0.2, 0.25) is 0 Å². The van der Waals surface area contributed by atoms with Gasteiger partial charge >= 0.3 is 0 Å². The number of nitrogens with zero attached hydrogens (tertiary/aromatic N) is 1. The van der Waals surface area contributed by atoms with Gasteiger partial charge in [-0.25, -0.2) is 12.7 Å². The molecule has 2 aromatic carbocycles. The van der Waals surface area contributed by atoms with Crippen LogP contribution >= 0.6 is 0 Å². The van der Waals surface area contributed by atoms with Gasteiger partial charge in [-0.05, 0) is 23.8 Å². The average Bonchev–Trinajstić information content (AvgIpc) is 2.74. The van der Waals surface area contributed by atoms with Crippen LogP contribution in [0.15, 0.2) is 41.3 Å². The molecule has 0 saturated heterocycles. The zero-order chi connectivity index (χ0) is 17.5. The van der Waals surface area contributed by atoms with Gasteiger partial charge in [0.25, 0.3) is 15.9 Å². The van der Waals surface area contributed by atoms with Crippen LogP contribution in [0, 0.1) is 0 Å². The number of sulfonamides is 1. The Labute approximate surface area is 139 Å². The normalized spacial score (nSPS) is 15.2. The number of phenolic OH excluding ortho intramolecular Hbond substituents is 1. The van der Waals surface area contributed by atoms with E-state index >= 15 is 0 Å². The molecule has 3 rings (SSSR count). The van der Waals surface area contributed by atoms with Crippen molar-refractivity contribution in [2.75, 3.05) is 14.2 Å². The van der Waals surface area contributed by atoms with Crippen LogP contribution in [0.4, 0.5) is 0 Å². The van der Waals surface area contributed by atoms with Crippen molar-refractivity contribution in [2.24, 2.45) is 0 Å². The number of hydrogen-bond acceptors (Lipinski definition) is 6. The first-order valence-electron chi connectivity index (χ1n) is 6.99. The van der Waals surface area contributed by atoms with Crippen molar-refractivity contribution in [2.45, 2.75) is 11.4 Å². The Bertz CT molecular complexity index is 922. The summed E-state index contributed by atoms with van der Waals surface area (Å²) in [4.78, 5) is 12.4. The highest BCUT2D eigenvalue weighted by Gasteiger charge is 2.42. The largest absolute Gasteiger partial charge is 0.508 e. The SMILES string of the molecule is COc1cc2c(cc1OC)S(=O)(=O)N(Cc1cccc(O)c1)C2=O. The molecule has 0 aromatic heterocycles. The topological polar surface area (TPSA) is 93.1 Å². The molecule has 0 saturated carbocycles. The fourth-order valence-corrected chi connectivity index (χ4v) is 4.13. The van der Waals surface area contributed by atoms with Gasteiger partial charge in [-0.15, -0.1) is 0 Å². The minimum absolute atomic E-state index is 0.00241. The number of phenols is 1. The summed E-state index contributed by atoms with van der Waals surface area (Å²) in [6.07, 6.45) is 0. The maximum Gasteiger partial charge on any atom is 0.269 e. The zero-order valence-corrected chi connectivity index (χ0v) is 13.8. The number of carbonyl (C=O) groups excluding carboxylic acids is 1. The summed E-state index contributed by atoms with van der Waals surface area (Å²) in [5.41, 5.74) is 0.534. The van der Waals surface area contributed by atoms with Crippen molar-refractivity contribution in [3.8, 4) is 17.2 Å². The molecule has 0 radical (unpaired) electrons. The number of carbonyl (C=O) groups is 1.